The lowest BCUT2D eigenvalue weighted by atomic mass is 10.0. The van der Waals surface area contributed by atoms with E-state index in [1.54, 1.807) is 17.0 Å². The number of aryl methyl sites for hydroxylation is 2. The summed E-state index contributed by atoms with van der Waals surface area (Å²) in [4.78, 5) is 14.9. The summed E-state index contributed by atoms with van der Waals surface area (Å²) < 4.78 is 30.3. The van der Waals surface area contributed by atoms with Crippen molar-refractivity contribution in [3.63, 3.8) is 0 Å². The molecule has 0 aliphatic carbocycles. The van der Waals surface area contributed by atoms with Gasteiger partial charge in [0.1, 0.15) is 0 Å². The van der Waals surface area contributed by atoms with Crippen molar-refractivity contribution in [3.8, 4) is 5.69 Å². The molecule has 0 unspecified atom stereocenters. The van der Waals surface area contributed by atoms with Crippen LogP contribution in [0, 0.1) is 13.8 Å². The zero-order valence-electron chi connectivity index (χ0n) is 17.8. The van der Waals surface area contributed by atoms with Crippen LogP contribution in [0.5, 0.6) is 0 Å². The van der Waals surface area contributed by atoms with Crippen molar-refractivity contribution in [2.75, 3.05) is 13.1 Å². The zero-order chi connectivity index (χ0) is 22.0. The van der Waals surface area contributed by atoms with Crippen LogP contribution in [-0.2, 0) is 10.0 Å². The van der Waals surface area contributed by atoms with E-state index in [4.69, 9.17) is 0 Å². The predicted octanol–water partition coefficient (Wildman–Crippen LogP) is 3.68. The Kier molecular flexibility index (Phi) is 5.98. The van der Waals surface area contributed by atoms with Crippen LogP contribution in [0.2, 0.25) is 0 Å². The van der Waals surface area contributed by atoms with Crippen molar-refractivity contribution in [1.82, 2.24) is 14.2 Å². The fourth-order valence-electron chi connectivity index (χ4n) is 3.83. The number of nitrogens with one attached hydrogen (secondary N) is 1. The van der Waals surface area contributed by atoms with Gasteiger partial charge in [0, 0.05) is 42.8 Å². The van der Waals surface area contributed by atoms with Crippen LogP contribution in [0.1, 0.15) is 34.3 Å². The summed E-state index contributed by atoms with van der Waals surface area (Å²) in [6.45, 7) is 4.92. The van der Waals surface area contributed by atoms with Crippen LogP contribution in [0.4, 0.5) is 0 Å². The number of benzene rings is 2. The molecule has 0 spiro atoms. The van der Waals surface area contributed by atoms with Crippen molar-refractivity contribution in [1.29, 1.82) is 0 Å². The van der Waals surface area contributed by atoms with Gasteiger partial charge in [-0.05, 0) is 86.3 Å². The number of aromatic nitrogens is 1. The van der Waals surface area contributed by atoms with Crippen LogP contribution in [-0.4, -0.2) is 42.9 Å². The minimum absolute atomic E-state index is 0.0190. The van der Waals surface area contributed by atoms with Gasteiger partial charge in [-0.15, -0.1) is 0 Å². The molecule has 1 aliphatic rings. The average molecular weight is 438 g/mol. The standard InChI is InChI=1S/C24H27N3O3S/c1-18-5-10-23(17-19(18)2)31(29,30)25-21-11-15-27(16-12-21)24(28)20-6-8-22(9-7-20)26-13-3-4-14-26/h3-10,13-14,17,21,25H,11-12,15-16H2,1-2H3. The van der Waals surface area contributed by atoms with Gasteiger partial charge in [0.15, 0.2) is 0 Å². The maximum atomic E-state index is 12.9. The first-order chi connectivity index (χ1) is 14.8. The molecule has 1 saturated heterocycles. The molecule has 0 radical (unpaired) electrons. The molecule has 1 aliphatic heterocycles. The molecule has 0 bridgehead atoms. The molecule has 6 nitrogen and oxygen atoms in total. The number of amides is 1. The molecule has 2 heterocycles. The third kappa shape index (κ3) is 4.73. The van der Waals surface area contributed by atoms with Gasteiger partial charge >= 0.3 is 0 Å². The van der Waals surface area contributed by atoms with Crippen LogP contribution in [0.25, 0.3) is 5.69 Å². The SMILES string of the molecule is Cc1ccc(S(=O)(=O)NC2CCN(C(=O)c3ccc(-n4cccc4)cc3)CC2)cc1C. The van der Waals surface area contributed by atoms with Crippen molar-refractivity contribution in [3.05, 3.63) is 83.7 Å². The average Bonchev–Trinajstić information content (AvgIpc) is 3.30. The van der Waals surface area contributed by atoms with E-state index in [2.05, 4.69) is 4.72 Å². The smallest absolute Gasteiger partial charge is 0.253 e. The Bertz CT molecular complexity index is 1160. The second-order valence-electron chi connectivity index (χ2n) is 8.07. The molecule has 4 rings (SSSR count). The molecule has 2 aromatic carbocycles. The highest BCUT2D eigenvalue weighted by molar-refractivity contribution is 7.89. The van der Waals surface area contributed by atoms with Crippen LogP contribution < -0.4 is 4.72 Å². The number of carbonyl (C=O) groups excluding carboxylic acids is 1. The lowest BCUT2D eigenvalue weighted by Crippen LogP contribution is -2.46. The number of sulfonamides is 1. The monoisotopic (exact) mass is 437 g/mol. The maximum absolute atomic E-state index is 12.9. The Hall–Kier alpha value is -2.90. The summed E-state index contributed by atoms with van der Waals surface area (Å²) in [5.74, 6) is -0.0190. The van der Waals surface area contributed by atoms with E-state index >= 15 is 0 Å². The fourth-order valence-corrected chi connectivity index (χ4v) is 5.22. The van der Waals surface area contributed by atoms with Gasteiger partial charge in [-0.2, -0.15) is 0 Å². The molecule has 31 heavy (non-hydrogen) atoms. The van der Waals surface area contributed by atoms with Gasteiger partial charge in [0.2, 0.25) is 10.0 Å². The molecule has 1 amide bonds. The van der Waals surface area contributed by atoms with Crippen molar-refractivity contribution in [2.24, 2.45) is 0 Å². The summed E-state index contributed by atoms with van der Waals surface area (Å²) in [5.41, 5.74) is 3.66. The molecule has 0 atom stereocenters. The quantitative estimate of drug-likeness (QED) is 0.662. The van der Waals surface area contributed by atoms with Crippen molar-refractivity contribution >= 4 is 15.9 Å². The second kappa shape index (κ2) is 8.69. The number of piperidine rings is 1. The molecule has 1 aromatic heterocycles. The molecule has 0 saturated carbocycles. The Morgan fingerprint density at radius 1 is 0.935 bits per heavy atom. The van der Waals surface area contributed by atoms with Gasteiger partial charge in [-0.25, -0.2) is 13.1 Å². The minimum atomic E-state index is -3.57. The van der Waals surface area contributed by atoms with Gasteiger partial charge in [-0.1, -0.05) is 6.07 Å². The zero-order valence-corrected chi connectivity index (χ0v) is 18.6. The molecule has 162 valence electrons. The second-order valence-corrected chi connectivity index (χ2v) is 9.78. The van der Waals surface area contributed by atoms with Crippen LogP contribution in [0.15, 0.2) is 71.9 Å². The highest BCUT2D eigenvalue weighted by Gasteiger charge is 2.27. The molecule has 3 aromatic rings. The van der Waals surface area contributed by atoms with Gasteiger partial charge in [0.05, 0.1) is 4.90 Å². The van der Waals surface area contributed by atoms with E-state index in [0.717, 1.165) is 16.8 Å². The number of hydrogen-bond acceptors (Lipinski definition) is 3. The maximum Gasteiger partial charge on any atom is 0.253 e. The topological polar surface area (TPSA) is 71.4 Å². The normalized spacial score (nSPS) is 15.2. The Labute approximate surface area is 183 Å². The van der Waals surface area contributed by atoms with E-state index in [1.165, 1.54) is 0 Å². The number of hydrogen-bond donors (Lipinski definition) is 1. The number of likely N-dealkylation sites (tertiary alicyclic amines) is 1. The fraction of sp³-hybridized carbons (Fsp3) is 0.292. The minimum Gasteiger partial charge on any atom is -0.339 e. The third-order valence-corrected chi connectivity index (χ3v) is 7.43. The first kappa shape index (κ1) is 21.3. The predicted molar refractivity (Wildman–Crippen MR) is 121 cm³/mol. The van der Waals surface area contributed by atoms with Crippen LogP contribution in [0.3, 0.4) is 0 Å². The molecule has 7 heteroatoms. The van der Waals surface area contributed by atoms with E-state index in [1.807, 2.05) is 73.3 Å². The Morgan fingerprint density at radius 2 is 1.58 bits per heavy atom. The van der Waals surface area contributed by atoms with E-state index in [-0.39, 0.29) is 16.8 Å². The summed E-state index contributed by atoms with van der Waals surface area (Å²) in [6.07, 6.45) is 5.11. The van der Waals surface area contributed by atoms with Crippen molar-refractivity contribution in [2.45, 2.75) is 37.6 Å². The van der Waals surface area contributed by atoms with E-state index in [0.29, 0.717) is 31.5 Å². The van der Waals surface area contributed by atoms with Gasteiger partial charge < -0.3 is 9.47 Å². The van der Waals surface area contributed by atoms with E-state index < -0.39 is 10.0 Å². The highest BCUT2D eigenvalue weighted by Crippen LogP contribution is 2.19. The van der Waals surface area contributed by atoms with E-state index in [9.17, 15) is 13.2 Å². The number of nitrogens with zero attached hydrogens (tertiary/aromatic N) is 2. The molecular formula is C24H27N3O3S. The lowest BCUT2D eigenvalue weighted by Gasteiger charge is -2.32. The Balaban J connectivity index is 1.36. The molecule has 1 N–H and O–H groups in total. The first-order valence-electron chi connectivity index (χ1n) is 10.5. The summed E-state index contributed by atoms with van der Waals surface area (Å²) >= 11 is 0. The van der Waals surface area contributed by atoms with Crippen molar-refractivity contribution < 1.29 is 13.2 Å². The molecule has 1 fully saturated rings. The highest BCUT2D eigenvalue weighted by atomic mass is 32.2. The third-order valence-electron chi connectivity index (χ3n) is 5.91. The summed E-state index contributed by atoms with van der Waals surface area (Å²) in [5, 5.41) is 0. The summed E-state index contributed by atoms with van der Waals surface area (Å²) in [7, 11) is -3.57. The first-order valence-corrected chi connectivity index (χ1v) is 11.9. The lowest BCUT2D eigenvalue weighted by molar-refractivity contribution is 0.0711. The largest absolute Gasteiger partial charge is 0.339 e. The van der Waals surface area contributed by atoms with Crippen LogP contribution >= 0.6 is 0 Å². The molecular weight excluding hydrogens is 410 g/mol. The summed E-state index contributed by atoms with van der Waals surface area (Å²) in [6, 6.07) is 16.4. The number of rotatable bonds is 5. The Morgan fingerprint density at radius 3 is 2.19 bits per heavy atom. The van der Waals surface area contributed by atoms with Gasteiger partial charge in [-0.3, -0.25) is 4.79 Å². The number of carbonyl (C=O) groups is 1. The van der Waals surface area contributed by atoms with Gasteiger partial charge in [0.25, 0.3) is 5.91 Å².